The lowest BCUT2D eigenvalue weighted by Crippen LogP contribution is -2.22. The molecule has 0 spiro atoms. The average molecular weight is 386 g/mol. The van der Waals surface area contributed by atoms with Crippen LogP contribution in [0.15, 0.2) is 48.5 Å². The quantitative estimate of drug-likeness (QED) is 0.680. The molecular formula is C18H15FN4O3S. The van der Waals surface area contributed by atoms with Crippen LogP contribution in [0, 0.1) is 5.82 Å². The Morgan fingerprint density at radius 1 is 1.11 bits per heavy atom. The zero-order valence-electron chi connectivity index (χ0n) is 14.2. The highest BCUT2D eigenvalue weighted by atomic mass is 32.1. The molecule has 0 aliphatic rings. The maximum atomic E-state index is 13.2. The lowest BCUT2D eigenvalue weighted by Gasteiger charge is -2.05. The average Bonchev–Trinajstić information content (AvgIpc) is 3.15. The van der Waals surface area contributed by atoms with Gasteiger partial charge in [0.2, 0.25) is 5.01 Å². The van der Waals surface area contributed by atoms with Gasteiger partial charge in [-0.3, -0.25) is 9.59 Å². The number of nitrogens with zero attached hydrogens (tertiary/aromatic N) is 2. The van der Waals surface area contributed by atoms with Gasteiger partial charge >= 0.3 is 0 Å². The third-order valence-corrected chi connectivity index (χ3v) is 4.40. The molecule has 3 aromatic rings. The standard InChI is InChI=1S/C18H15FN4O3S/c1-26-14-7-2-4-11(8-14)16(24)20-10-15-22-23-18(27-15)17(25)21-13-6-3-5-12(19)9-13/h2-9H,10H2,1H3,(H,20,24)(H,21,25). The van der Waals surface area contributed by atoms with Crippen LogP contribution >= 0.6 is 11.3 Å². The van der Waals surface area contributed by atoms with Crippen LogP contribution in [0.5, 0.6) is 5.75 Å². The van der Waals surface area contributed by atoms with E-state index in [-0.39, 0.29) is 17.5 Å². The fourth-order valence-electron chi connectivity index (χ4n) is 2.19. The molecule has 0 unspecified atom stereocenters. The first kappa shape index (κ1) is 18.5. The van der Waals surface area contributed by atoms with Crippen LogP contribution in [0.4, 0.5) is 10.1 Å². The molecule has 0 atom stereocenters. The molecule has 2 N–H and O–H groups in total. The number of amides is 2. The fourth-order valence-corrected chi connectivity index (χ4v) is 2.86. The lowest BCUT2D eigenvalue weighted by molar-refractivity contribution is 0.0949. The van der Waals surface area contributed by atoms with Gasteiger partial charge in [0.25, 0.3) is 11.8 Å². The van der Waals surface area contributed by atoms with Crippen LogP contribution in [0.1, 0.15) is 25.2 Å². The minimum atomic E-state index is -0.497. The number of halogens is 1. The summed E-state index contributed by atoms with van der Waals surface area (Å²) in [5.41, 5.74) is 0.769. The van der Waals surface area contributed by atoms with Crippen molar-refractivity contribution in [3.05, 3.63) is 69.9 Å². The molecule has 0 saturated heterocycles. The molecule has 27 heavy (non-hydrogen) atoms. The molecule has 3 rings (SSSR count). The van der Waals surface area contributed by atoms with Gasteiger partial charge in [-0.1, -0.05) is 23.5 Å². The number of benzene rings is 2. The van der Waals surface area contributed by atoms with Gasteiger partial charge in [-0.05, 0) is 36.4 Å². The third kappa shape index (κ3) is 4.85. The predicted octanol–water partition coefficient (Wildman–Crippen LogP) is 2.87. The van der Waals surface area contributed by atoms with Crippen molar-refractivity contribution in [1.29, 1.82) is 0 Å². The van der Waals surface area contributed by atoms with Crippen LogP contribution in [0.3, 0.4) is 0 Å². The Hall–Kier alpha value is -3.33. The van der Waals surface area contributed by atoms with Gasteiger partial charge in [-0.25, -0.2) is 4.39 Å². The molecule has 7 nitrogen and oxygen atoms in total. The zero-order chi connectivity index (χ0) is 19.2. The number of anilines is 1. The van der Waals surface area contributed by atoms with Crippen LogP contribution in [0.2, 0.25) is 0 Å². The van der Waals surface area contributed by atoms with E-state index in [1.807, 2.05) is 0 Å². The van der Waals surface area contributed by atoms with Crippen molar-refractivity contribution in [2.45, 2.75) is 6.54 Å². The second kappa shape index (κ2) is 8.37. The van der Waals surface area contributed by atoms with E-state index in [1.165, 1.54) is 25.3 Å². The predicted molar refractivity (Wildman–Crippen MR) is 98.4 cm³/mol. The summed E-state index contributed by atoms with van der Waals surface area (Å²) in [7, 11) is 1.52. The Bertz CT molecular complexity index is 977. The van der Waals surface area contributed by atoms with Gasteiger partial charge in [0.1, 0.15) is 16.6 Å². The molecule has 9 heteroatoms. The molecular weight excluding hydrogens is 371 g/mol. The number of hydrogen-bond acceptors (Lipinski definition) is 6. The highest BCUT2D eigenvalue weighted by Gasteiger charge is 2.14. The Morgan fingerprint density at radius 2 is 1.93 bits per heavy atom. The maximum Gasteiger partial charge on any atom is 0.286 e. The second-order valence-electron chi connectivity index (χ2n) is 5.38. The SMILES string of the molecule is COc1cccc(C(=O)NCc2nnc(C(=O)Nc3cccc(F)c3)s2)c1. The van der Waals surface area contributed by atoms with Crippen molar-refractivity contribution in [2.75, 3.05) is 12.4 Å². The summed E-state index contributed by atoms with van der Waals surface area (Å²) in [6, 6.07) is 12.3. The highest BCUT2D eigenvalue weighted by molar-refractivity contribution is 7.13. The van der Waals surface area contributed by atoms with Gasteiger partial charge in [0, 0.05) is 11.3 Å². The van der Waals surface area contributed by atoms with Crippen LogP contribution < -0.4 is 15.4 Å². The molecule has 1 heterocycles. The Kier molecular flexibility index (Phi) is 5.72. The molecule has 138 valence electrons. The van der Waals surface area contributed by atoms with Gasteiger partial charge in [-0.2, -0.15) is 0 Å². The Morgan fingerprint density at radius 3 is 2.70 bits per heavy atom. The largest absolute Gasteiger partial charge is 0.497 e. The summed E-state index contributed by atoms with van der Waals surface area (Å²) < 4.78 is 18.2. The van der Waals surface area contributed by atoms with Crippen LogP contribution in [0.25, 0.3) is 0 Å². The molecule has 0 fully saturated rings. The molecule has 0 radical (unpaired) electrons. The van der Waals surface area contributed by atoms with Crippen molar-refractivity contribution in [3.8, 4) is 5.75 Å². The molecule has 0 aliphatic heterocycles. The molecule has 2 aromatic carbocycles. The topological polar surface area (TPSA) is 93.2 Å². The van der Waals surface area contributed by atoms with E-state index in [2.05, 4.69) is 20.8 Å². The van der Waals surface area contributed by atoms with Crippen molar-refractivity contribution in [2.24, 2.45) is 0 Å². The van der Waals surface area contributed by atoms with E-state index in [4.69, 9.17) is 4.74 Å². The summed E-state index contributed by atoms with van der Waals surface area (Å²) in [4.78, 5) is 24.3. The van der Waals surface area contributed by atoms with Gasteiger partial charge in [0.05, 0.1) is 13.7 Å². The minimum absolute atomic E-state index is 0.116. The maximum absolute atomic E-state index is 13.2. The molecule has 0 aliphatic carbocycles. The van der Waals surface area contributed by atoms with Gasteiger partial charge in [0.15, 0.2) is 0 Å². The summed E-state index contributed by atoms with van der Waals surface area (Å²) in [5.74, 6) is -0.667. The van der Waals surface area contributed by atoms with E-state index >= 15 is 0 Å². The number of ether oxygens (including phenoxy) is 1. The summed E-state index contributed by atoms with van der Waals surface area (Å²) in [5, 5.41) is 13.5. The summed E-state index contributed by atoms with van der Waals surface area (Å²) in [6.45, 7) is 0.126. The zero-order valence-corrected chi connectivity index (χ0v) is 15.0. The first-order valence-electron chi connectivity index (χ1n) is 7.86. The smallest absolute Gasteiger partial charge is 0.286 e. The number of carbonyl (C=O) groups is 2. The van der Waals surface area contributed by atoms with Crippen molar-refractivity contribution < 1.29 is 18.7 Å². The first-order chi connectivity index (χ1) is 13.0. The number of methoxy groups -OCH3 is 1. The third-order valence-electron chi connectivity index (χ3n) is 3.48. The minimum Gasteiger partial charge on any atom is -0.497 e. The fraction of sp³-hybridized carbons (Fsp3) is 0.111. The monoisotopic (exact) mass is 386 g/mol. The summed E-state index contributed by atoms with van der Waals surface area (Å²) in [6.07, 6.45) is 0. The lowest BCUT2D eigenvalue weighted by atomic mass is 10.2. The van der Waals surface area contributed by atoms with Gasteiger partial charge < -0.3 is 15.4 Å². The number of carbonyl (C=O) groups excluding carboxylic acids is 2. The molecule has 2 amide bonds. The van der Waals surface area contributed by atoms with E-state index in [1.54, 1.807) is 30.3 Å². The first-order valence-corrected chi connectivity index (χ1v) is 8.68. The Labute approximate surface area is 158 Å². The van der Waals surface area contributed by atoms with E-state index in [0.717, 1.165) is 11.3 Å². The molecule has 0 saturated carbocycles. The Balaban J connectivity index is 1.58. The summed E-state index contributed by atoms with van der Waals surface area (Å²) >= 11 is 1.04. The number of nitrogens with one attached hydrogen (secondary N) is 2. The molecule has 1 aromatic heterocycles. The molecule has 0 bridgehead atoms. The van der Waals surface area contributed by atoms with Crippen molar-refractivity contribution in [1.82, 2.24) is 15.5 Å². The number of hydrogen-bond donors (Lipinski definition) is 2. The van der Waals surface area contributed by atoms with Crippen LogP contribution in [-0.2, 0) is 6.54 Å². The van der Waals surface area contributed by atoms with Crippen molar-refractivity contribution in [3.63, 3.8) is 0 Å². The normalized spacial score (nSPS) is 10.3. The highest BCUT2D eigenvalue weighted by Crippen LogP contribution is 2.15. The van der Waals surface area contributed by atoms with E-state index in [0.29, 0.717) is 22.0 Å². The van der Waals surface area contributed by atoms with Gasteiger partial charge in [-0.15, -0.1) is 10.2 Å². The second-order valence-corrected chi connectivity index (χ2v) is 6.44. The van der Waals surface area contributed by atoms with Crippen molar-refractivity contribution >= 4 is 28.8 Å². The van der Waals surface area contributed by atoms with E-state index in [9.17, 15) is 14.0 Å². The number of aromatic nitrogens is 2. The van der Waals surface area contributed by atoms with E-state index < -0.39 is 11.7 Å². The number of rotatable bonds is 6. The van der Waals surface area contributed by atoms with Crippen LogP contribution in [-0.4, -0.2) is 29.1 Å².